The van der Waals surface area contributed by atoms with Crippen LogP contribution in [0, 0.1) is 0 Å². The summed E-state index contributed by atoms with van der Waals surface area (Å²) in [6.45, 7) is 2.12. The number of benzene rings is 1. The number of phenols is 1. The van der Waals surface area contributed by atoms with Gasteiger partial charge in [-0.05, 0) is 37.3 Å². The zero-order valence-corrected chi connectivity index (χ0v) is 14.0. The van der Waals surface area contributed by atoms with Crippen molar-refractivity contribution in [3.05, 3.63) is 42.6 Å². The fraction of sp³-hybridized carbons (Fsp3) is 0.222. The molecule has 0 aliphatic carbocycles. The predicted molar refractivity (Wildman–Crippen MR) is 94.0 cm³/mol. The van der Waals surface area contributed by atoms with Gasteiger partial charge in [-0.3, -0.25) is 9.20 Å². The molecule has 0 spiro atoms. The average molecular weight is 341 g/mol. The predicted octanol–water partition coefficient (Wildman–Crippen LogP) is 2.69. The summed E-state index contributed by atoms with van der Waals surface area (Å²) in [5, 5.41) is 12.9. The first-order valence-corrected chi connectivity index (χ1v) is 7.88. The van der Waals surface area contributed by atoms with Crippen molar-refractivity contribution in [2.24, 2.45) is 0 Å². The van der Waals surface area contributed by atoms with E-state index in [1.165, 1.54) is 7.11 Å². The summed E-state index contributed by atoms with van der Waals surface area (Å²) < 4.78 is 12.0. The van der Waals surface area contributed by atoms with Crippen LogP contribution < -0.4 is 10.1 Å². The van der Waals surface area contributed by atoms with Crippen molar-refractivity contribution in [2.75, 3.05) is 25.6 Å². The van der Waals surface area contributed by atoms with E-state index in [0.29, 0.717) is 23.9 Å². The van der Waals surface area contributed by atoms with Gasteiger partial charge in [0, 0.05) is 11.8 Å². The third-order valence-electron chi connectivity index (χ3n) is 3.69. The molecule has 0 aliphatic heterocycles. The Morgan fingerprint density at radius 1 is 1.32 bits per heavy atom. The first-order valence-electron chi connectivity index (χ1n) is 7.88. The SMILES string of the molecule is CCOC(=O)CNc1c(-c2ccc(O)c(OC)c2)nc2ccccn12. The number of pyridine rings is 1. The highest BCUT2D eigenvalue weighted by Gasteiger charge is 2.16. The molecular weight excluding hydrogens is 322 g/mol. The molecule has 0 radical (unpaired) electrons. The van der Waals surface area contributed by atoms with Crippen LogP contribution in [-0.2, 0) is 9.53 Å². The number of carbonyl (C=O) groups excluding carboxylic acids is 1. The molecule has 130 valence electrons. The highest BCUT2D eigenvalue weighted by Crippen LogP contribution is 2.34. The Kier molecular flexibility index (Phi) is 4.74. The summed E-state index contributed by atoms with van der Waals surface area (Å²) in [6.07, 6.45) is 1.86. The first kappa shape index (κ1) is 16.6. The van der Waals surface area contributed by atoms with Gasteiger partial charge in [0.15, 0.2) is 11.5 Å². The minimum Gasteiger partial charge on any atom is -0.504 e. The lowest BCUT2D eigenvalue weighted by atomic mass is 10.1. The molecule has 0 saturated carbocycles. The molecule has 2 heterocycles. The van der Waals surface area contributed by atoms with E-state index in [1.807, 2.05) is 28.8 Å². The standard InChI is InChI=1S/C18H19N3O4/c1-3-25-16(23)11-19-18-17(20-15-6-4-5-9-21(15)18)12-7-8-13(22)14(10-12)24-2/h4-10,19,22H,3,11H2,1-2H3. The molecule has 0 atom stereocenters. The summed E-state index contributed by atoms with van der Waals surface area (Å²) in [5.41, 5.74) is 2.13. The lowest BCUT2D eigenvalue weighted by Gasteiger charge is -2.09. The van der Waals surface area contributed by atoms with Crippen molar-refractivity contribution >= 4 is 17.4 Å². The normalized spacial score (nSPS) is 10.6. The summed E-state index contributed by atoms with van der Waals surface area (Å²) in [4.78, 5) is 16.3. The molecule has 7 nitrogen and oxygen atoms in total. The lowest BCUT2D eigenvalue weighted by molar-refractivity contribution is -0.140. The molecular formula is C18H19N3O4. The molecule has 25 heavy (non-hydrogen) atoms. The third kappa shape index (κ3) is 3.35. The minimum absolute atomic E-state index is 0.0265. The second kappa shape index (κ2) is 7.12. The maximum atomic E-state index is 11.7. The van der Waals surface area contributed by atoms with Crippen LogP contribution in [-0.4, -0.2) is 40.7 Å². The van der Waals surface area contributed by atoms with Gasteiger partial charge >= 0.3 is 5.97 Å². The van der Waals surface area contributed by atoms with Crippen molar-refractivity contribution in [2.45, 2.75) is 6.92 Å². The smallest absolute Gasteiger partial charge is 0.325 e. The number of rotatable bonds is 6. The highest BCUT2D eigenvalue weighted by atomic mass is 16.5. The molecule has 2 aromatic heterocycles. The largest absolute Gasteiger partial charge is 0.504 e. The van der Waals surface area contributed by atoms with Gasteiger partial charge < -0.3 is 19.9 Å². The number of nitrogens with zero attached hydrogens (tertiary/aromatic N) is 2. The Labute approximate surface area is 144 Å². The number of phenolic OH excluding ortho intramolecular Hbond substituents is 1. The number of fused-ring (bicyclic) bond motifs is 1. The molecule has 1 aromatic carbocycles. The van der Waals surface area contributed by atoms with E-state index in [9.17, 15) is 9.90 Å². The van der Waals surface area contributed by atoms with Crippen LogP contribution in [0.1, 0.15) is 6.92 Å². The lowest BCUT2D eigenvalue weighted by Crippen LogP contribution is -2.17. The van der Waals surface area contributed by atoms with Gasteiger partial charge in [0.2, 0.25) is 0 Å². The van der Waals surface area contributed by atoms with Crippen LogP contribution >= 0.6 is 0 Å². The molecule has 3 aromatic rings. The van der Waals surface area contributed by atoms with Gasteiger partial charge in [-0.15, -0.1) is 0 Å². The number of carbonyl (C=O) groups is 1. The topological polar surface area (TPSA) is 85.1 Å². The van der Waals surface area contributed by atoms with Gasteiger partial charge in [0.05, 0.1) is 13.7 Å². The first-order chi connectivity index (χ1) is 12.1. The molecule has 3 rings (SSSR count). The van der Waals surface area contributed by atoms with Gasteiger partial charge in [-0.25, -0.2) is 4.98 Å². The van der Waals surface area contributed by atoms with E-state index < -0.39 is 0 Å². The van der Waals surface area contributed by atoms with E-state index in [2.05, 4.69) is 10.3 Å². The third-order valence-corrected chi connectivity index (χ3v) is 3.69. The molecule has 0 amide bonds. The van der Waals surface area contributed by atoms with Crippen molar-refractivity contribution in [1.29, 1.82) is 0 Å². The Hall–Kier alpha value is -3.22. The number of aromatic nitrogens is 2. The van der Waals surface area contributed by atoms with Crippen molar-refractivity contribution in [3.8, 4) is 22.8 Å². The molecule has 7 heteroatoms. The summed E-state index contributed by atoms with van der Waals surface area (Å²) in [5.74, 6) is 0.723. The van der Waals surface area contributed by atoms with Gasteiger partial charge in [-0.1, -0.05) is 6.07 Å². The molecule has 2 N–H and O–H groups in total. The number of methoxy groups -OCH3 is 1. The maximum absolute atomic E-state index is 11.7. The van der Waals surface area contributed by atoms with E-state index in [1.54, 1.807) is 25.1 Å². The maximum Gasteiger partial charge on any atom is 0.325 e. The number of esters is 1. The number of imidazole rings is 1. The van der Waals surface area contributed by atoms with Crippen LogP contribution in [0.15, 0.2) is 42.6 Å². The fourth-order valence-corrected chi connectivity index (χ4v) is 2.56. The highest BCUT2D eigenvalue weighted by molar-refractivity contribution is 5.81. The summed E-state index contributed by atoms with van der Waals surface area (Å²) >= 11 is 0. The Bertz CT molecular complexity index is 904. The minimum atomic E-state index is -0.345. The summed E-state index contributed by atoms with van der Waals surface area (Å²) in [6, 6.07) is 10.6. The fourth-order valence-electron chi connectivity index (χ4n) is 2.56. The molecule has 0 fully saturated rings. The Morgan fingerprint density at radius 2 is 2.16 bits per heavy atom. The number of hydrogen-bond donors (Lipinski definition) is 2. The zero-order chi connectivity index (χ0) is 17.8. The molecule has 0 aliphatic rings. The zero-order valence-electron chi connectivity index (χ0n) is 14.0. The Morgan fingerprint density at radius 3 is 2.92 bits per heavy atom. The number of ether oxygens (including phenoxy) is 2. The van der Waals surface area contributed by atoms with Gasteiger partial charge in [0.1, 0.15) is 23.7 Å². The van der Waals surface area contributed by atoms with Gasteiger partial charge in [0.25, 0.3) is 0 Å². The Balaban J connectivity index is 2.05. The van der Waals surface area contributed by atoms with Crippen LogP contribution in [0.25, 0.3) is 16.9 Å². The van der Waals surface area contributed by atoms with Crippen LogP contribution in [0.2, 0.25) is 0 Å². The van der Waals surface area contributed by atoms with Crippen molar-refractivity contribution < 1.29 is 19.4 Å². The number of anilines is 1. The van der Waals surface area contributed by atoms with Gasteiger partial charge in [-0.2, -0.15) is 0 Å². The second-order valence-corrected chi connectivity index (χ2v) is 5.28. The monoisotopic (exact) mass is 341 g/mol. The van der Waals surface area contributed by atoms with Crippen molar-refractivity contribution in [3.63, 3.8) is 0 Å². The van der Waals surface area contributed by atoms with Crippen LogP contribution in [0.4, 0.5) is 5.82 Å². The van der Waals surface area contributed by atoms with E-state index in [0.717, 1.165) is 11.2 Å². The van der Waals surface area contributed by atoms with E-state index in [-0.39, 0.29) is 18.3 Å². The average Bonchev–Trinajstić information content (AvgIpc) is 2.99. The molecule has 0 bridgehead atoms. The van der Waals surface area contributed by atoms with E-state index >= 15 is 0 Å². The molecule has 0 saturated heterocycles. The number of hydrogen-bond acceptors (Lipinski definition) is 6. The number of aromatic hydroxyl groups is 1. The second-order valence-electron chi connectivity index (χ2n) is 5.28. The number of nitrogens with one attached hydrogen (secondary N) is 1. The quantitative estimate of drug-likeness (QED) is 0.671. The van der Waals surface area contributed by atoms with Crippen LogP contribution in [0.3, 0.4) is 0 Å². The summed E-state index contributed by atoms with van der Waals surface area (Å²) in [7, 11) is 1.49. The van der Waals surface area contributed by atoms with E-state index in [4.69, 9.17) is 9.47 Å². The van der Waals surface area contributed by atoms with Crippen molar-refractivity contribution in [1.82, 2.24) is 9.38 Å². The van der Waals surface area contributed by atoms with Crippen LogP contribution in [0.5, 0.6) is 11.5 Å². The molecule has 0 unspecified atom stereocenters.